The first-order valence-corrected chi connectivity index (χ1v) is 9.89. The van der Waals surface area contributed by atoms with Crippen molar-refractivity contribution in [1.82, 2.24) is 15.5 Å². The smallest absolute Gasteiger partial charge is 0.222 e. The SMILES string of the molecule is CCC(=O)N1CCC(NC(=NC)NCC(CC)(CC)c2ccccc2)C1.I. The maximum atomic E-state index is 11.9. The van der Waals surface area contributed by atoms with E-state index < -0.39 is 0 Å². The van der Waals surface area contributed by atoms with Crippen molar-refractivity contribution in [1.29, 1.82) is 0 Å². The second-order valence-electron chi connectivity index (χ2n) is 7.10. The van der Waals surface area contributed by atoms with Gasteiger partial charge in [0.1, 0.15) is 0 Å². The number of carbonyl (C=O) groups is 1. The summed E-state index contributed by atoms with van der Waals surface area (Å²) in [6.45, 7) is 8.85. The van der Waals surface area contributed by atoms with E-state index in [1.54, 1.807) is 7.05 Å². The van der Waals surface area contributed by atoms with Crippen molar-refractivity contribution >= 4 is 35.8 Å². The first-order valence-electron chi connectivity index (χ1n) is 9.89. The zero-order valence-electron chi connectivity index (χ0n) is 17.1. The lowest BCUT2D eigenvalue weighted by Gasteiger charge is -2.33. The van der Waals surface area contributed by atoms with Crippen LogP contribution in [0.2, 0.25) is 0 Å². The average molecular weight is 486 g/mol. The fourth-order valence-electron chi connectivity index (χ4n) is 3.77. The van der Waals surface area contributed by atoms with E-state index in [4.69, 9.17) is 0 Å². The maximum Gasteiger partial charge on any atom is 0.222 e. The molecular formula is C21H35IN4O. The van der Waals surface area contributed by atoms with E-state index in [2.05, 4.69) is 59.8 Å². The summed E-state index contributed by atoms with van der Waals surface area (Å²) in [7, 11) is 1.81. The third-order valence-corrected chi connectivity index (χ3v) is 5.74. The number of guanidine groups is 1. The Labute approximate surface area is 181 Å². The fraction of sp³-hybridized carbons (Fsp3) is 0.619. The minimum absolute atomic E-state index is 0. The molecule has 0 aromatic heterocycles. The van der Waals surface area contributed by atoms with Gasteiger partial charge in [-0.2, -0.15) is 0 Å². The number of likely N-dealkylation sites (tertiary alicyclic amines) is 1. The molecule has 1 aromatic carbocycles. The number of benzene rings is 1. The van der Waals surface area contributed by atoms with Gasteiger partial charge in [0.05, 0.1) is 0 Å². The molecule has 6 heteroatoms. The van der Waals surface area contributed by atoms with Gasteiger partial charge in [-0.05, 0) is 24.8 Å². The Morgan fingerprint density at radius 2 is 1.89 bits per heavy atom. The number of hydrogen-bond donors (Lipinski definition) is 2. The molecule has 1 fully saturated rings. The molecule has 1 aliphatic rings. The molecule has 1 amide bonds. The van der Waals surface area contributed by atoms with Gasteiger partial charge in [0.15, 0.2) is 5.96 Å². The van der Waals surface area contributed by atoms with Crippen LogP contribution in [0, 0.1) is 0 Å². The summed E-state index contributed by atoms with van der Waals surface area (Å²) in [6.07, 6.45) is 3.68. The number of nitrogens with one attached hydrogen (secondary N) is 2. The van der Waals surface area contributed by atoms with Gasteiger partial charge in [0, 0.05) is 44.6 Å². The van der Waals surface area contributed by atoms with Crippen LogP contribution in [0.4, 0.5) is 0 Å². The molecule has 1 aromatic rings. The number of hydrogen-bond acceptors (Lipinski definition) is 2. The van der Waals surface area contributed by atoms with Crippen LogP contribution in [0.15, 0.2) is 35.3 Å². The van der Waals surface area contributed by atoms with Gasteiger partial charge in [0.2, 0.25) is 5.91 Å². The number of nitrogens with zero attached hydrogens (tertiary/aromatic N) is 2. The van der Waals surface area contributed by atoms with Crippen LogP contribution in [0.1, 0.15) is 52.0 Å². The monoisotopic (exact) mass is 486 g/mol. The molecule has 152 valence electrons. The Bertz CT molecular complexity index is 601. The van der Waals surface area contributed by atoms with Crippen LogP contribution >= 0.6 is 24.0 Å². The van der Waals surface area contributed by atoms with Crippen molar-refractivity contribution in [2.75, 3.05) is 26.7 Å². The summed E-state index contributed by atoms with van der Waals surface area (Å²) in [5, 5.41) is 7.02. The van der Waals surface area contributed by atoms with Crippen molar-refractivity contribution < 1.29 is 4.79 Å². The van der Waals surface area contributed by atoms with Crippen LogP contribution in [0.25, 0.3) is 0 Å². The van der Waals surface area contributed by atoms with E-state index in [0.29, 0.717) is 6.42 Å². The van der Waals surface area contributed by atoms with Crippen LogP contribution < -0.4 is 10.6 Å². The lowest BCUT2D eigenvalue weighted by Crippen LogP contribution is -2.49. The summed E-state index contributed by atoms with van der Waals surface area (Å²) in [5.41, 5.74) is 1.47. The molecular weight excluding hydrogens is 451 g/mol. The highest BCUT2D eigenvalue weighted by atomic mass is 127. The number of rotatable bonds is 7. The van der Waals surface area contributed by atoms with Gasteiger partial charge < -0.3 is 15.5 Å². The standard InChI is InChI=1S/C21H34N4O.HI/c1-5-19(26)25-14-13-18(15-25)24-20(22-4)23-16-21(6-2,7-3)17-11-9-8-10-12-17;/h8-12,18H,5-7,13-16H2,1-4H3,(H2,22,23,24);1H. The van der Waals surface area contributed by atoms with Crippen LogP contribution in [-0.4, -0.2) is 49.5 Å². The highest BCUT2D eigenvalue weighted by Crippen LogP contribution is 2.30. The average Bonchev–Trinajstić information content (AvgIpc) is 3.17. The van der Waals surface area contributed by atoms with Gasteiger partial charge >= 0.3 is 0 Å². The third-order valence-electron chi connectivity index (χ3n) is 5.74. The minimum Gasteiger partial charge on any atom is -0.356 e. The number of halogens is 1. The topological polar surface area (TPSA) is 56.7 Å². The quantitative estimate of drug-likeness (QED) is 0.352. The van der Waals surface area contributed by atoms with Crippen molar-refractivity contribution in [3.05, 3.63) is 35.9 Å². The molecule has 5 nitrogen and oxygen atoms in total. The molecule has 0 spiro atoms. The lowest BCUT2D eigenvalue weighted by molar-refractivity contribution is -0.129. The van der Waals surface area contributed by atoms with E-state index >= 15 is 0 Å². The van der Waals surface area contributed by atoms with Gasteiger partial charge in [-0.1, -0.05) is 51.1 Å². The van der Waals surface area contributed by atoms with E-state index in [1.165, 1.54) is 5.56 Å². The van der Waals surface area contributed by atoms with Crippen LogP contribution in [-0.2, 0) is 10.2 Å². The molecule has 2 N–H and O–H groups in total. The van der Waals surface area contributed by atoms with Gasteiger partial charge in [-0.25, -0.2) is 0 Å². The Morgan fingerprint density at radius 3 is 2.44 bits per heavy atom. The molecule has 0 saturated carbocycles. The van der Waals surface area contributed by atoms with Gasteiger partial charge in [-0.15, -0.1) is 24.0 Å². The molecule has 27 heavy (non-hydrogen) atoms. The summed E-state index contributed by atoms with van der Waals surface area (Å²) >= 11 is 0. The summed E-state index contributed by atoms with van der Waals surface area (Å²) in [6, 6.07) is 11.0. The Hall–Kier alpha value is -1.31. The van der Waals surface area contributed by atoms with Gasteiger partial charge in [0.25, 0.3) is 0 Å². The van der Waals surface area contributed by atoms with Crippen molar-refractivity contribution in [2.45, 2.75) is 57.9 Å². The number of aliphatic imine (C=N–C) groups is 1. The molecule has 0 aliphatic carbocycles. The molecule has 1 heterocycles. The molecule has 1 unspecified atom stereocenters. The van der Waals surface area contributed by atoms with E-state index in [1.807, 2.05) is 11.8 Å². The molecule has 0 radical (unpaired) electrons. The normalized spacial score (nSPS) is 17.4. The predicted octanol–water partition coefficient (Wildman–Crippen LogP) is 3.54. The Kier molecular flexibility index (Phi) is 10.1. The van der Waals surface area contributed by atoms with E-state index in [9.17, 15) is 4.79 Å². The van der Waals surface area contributed by atoms with E-state index in [-0.39, 0.29) is 41.3 Å². The summed E-state index contributed by atoms with van der Waals surface area (Å²) in [4.78, 5) is 18.2. The zero-order valence-corrected chi connectivity index (χ0v) is 19.5. The predicted molar refractivity (Wildman–Crippen MR) is 124 cm³/mol. The largest absolute Gasteiger partial charge is 0.356 e. The second-order valence-corrected chi connectivity index (χ2v) is 7.10. The van der Waals surface area contributed by atoms with E-state index in [0.717, 1.165) is 44.9 Å². The lowest BCUT2D eigenvalue weighted by atomic mass is 9.76. The Morgan fingerprint density at radius 1 is 1.22 bits per heavy atom. The van der Waals surface area contributed by atoms with Gasteiger partial charge in [-0.3, -0.25) is 9.79 Å². The highest BCUT2D eigenvalue weighted by molar-refractivity contribution is 14.0. The number of carbonyl (C=O) groups excluding carboxylic acids is 1. The van der Waals surface area contributed by atoms with Crippen molar-refractivity contribution in [3.63, 3.8) is 0 Å². The highest BCUT2D eigenvalue weighted by Gasteiger charge is 2.30. The minimum atomic E-state index is 0. The molecule has 1 aliphatic heterocycles. The zero-order chi connectivity index (χ0) is 19.0. The molecule has 2 rings (SSSR count). The summed E-state index contributed by atoms with van der Waals surface area (Å²) in [5.74, 6) is 1.06. The molecule has 1 saturated heterocycles. The molecule has 0 bridgehead atoms. The van der Waals surface area contributed by atoms with Crippen molar-refractivity contribution in [2.24, 2.45) is 4.99 Å². The third kappa shape index (κ3) is 6.09. The van der Waals surface area contributed by atoms with Crippen LogP contribution in [0.3, 0.4) is 0 Å². The Balaban J connectivity index is 0.00000364. The fourth-order valence-corrected chi connectivity index (χ4v) is 3.77. The van der Waals surface area contributed by atoms with Crippen LogP contribution in [0.5, 0.6) is 0 Å². The first kappa shape index (κ1) is 23.7. The number of amides is 1. The summed E-state index contributed by atoms with van der Waals surface area (Å²) < 4.78 is 0. The van der Waals surface area contributed by atoms with Crippen molar-refractivity contribution in [3.8, 4) is 0 Å². The molecule has 1 atom stereocenters. The maximum absolute atomic E-state index is 11.9. The second kappa shape index (κ2) is 11.5. The first-order chi connectivity index (χ1) is 12.6.